The van der Waals surface area contributed by atoms with Gasteiger partial charge in [0.05, 0.1) is 0 Å². The predicted octanol–water partition coefficient (Wildman–Crippen LogP) is 4.47. The molecule has 0 saturated carbocycles. The van der Waals surface area contributed by atoms with E-state index in [1.165, 1.54) is 57.1 Å². The molecule has 102 valence electrons. The van der Waals surface area contributed by atoms with E-state index in [4.69, 9.17) is 0 Å². The predicted molar refractivity (Wildman–Crippen MR) is 80.9 cm³/mol. The van der Waals surface area contributed by atoms with E-state index in [1.807, 2.05) is 0 Å². The second kappa shape index (κ2) is 9.27. The first-order chi connectivity index (χ1) is 8.31. The maximum Gasteiger partial charge on any atom is 0.0201 e. The van der Waals surface area contributed by atoms with Crippen molar-refractivity contribution in [2.45, 2.75) is 76.5 Å². The molecule has 3 atom stereocenters. The molecule has 0 aliphatic carbocycles. The molecule has 17 heavy (non-hydrogen) atoms. The molecule has 0 radical (unpaired) electrons. The highest BCUT2D eigenvalue weighted by molar-refractivity contribution is 8.00. The molecule has 0 aromatic carbocycles. The summed E-state index contributed by atoms with van der Waals surface area (Å²) in [6, 6.07) is 0.752. The van der Waals surface area contributed by atoms with Crippen molar-refractivity contribution in [2.75, 3.05) is 12.8 Å². The van der Waals surface area contributed by atoms with E-state index in [9.17, 15) is 0 Å². The molecule has 1 N–H and O–H groups in total. The van der Waals surface area contributed by atoms with Gasteiger partial charge in [-0.1, -0.05) is 46.0 Å². The Morgan fingerprint density at radius 3 is 2.65 bits per heavy atom. The first kappa shape index (κ1) is 15.4. The molecule has 2 heteroatoms. The van der Waals surface area contributed by atoms with Crippen LogP contribution in [0.1, 0.15) is 65.2 Å². The highest BCUT2D eigenvalue weighted by Gasteiger charge is 2.24. The van der Waals surface area contributed by atoms with Crippen molar-refractivity contribution in [2.24, 2.45) is 5.92 Å². The fraction of sp³-hybridized carbons (Fsp3) is 1.00. The van der Waals surface area contributed by atoms with E-state index >= 15 is 0 Å². The number of nitrogens with one attached hydrogen (secondary N) is 1. The lowest BCUT2D eigenvalue weighted by Crippen LogP contribution is -2.38. The largest absolute Gasteiger partial charge is 0.316 e. The van der Waals surface area contributed by atoms with Crippen molar-refractivity contribution in [1.82, 2.24) is 5.32 Å². The van der Waals surface area contributed by atoms with Gasteiger partial charge in [-0.2, -0.15) is 11.8 Å². The van der Waals surface area contributed by atoms with Gasteiger partial charge in [0.1, 0.15) is 0 Å². The quantitative estimate of drug-likeness (QED) is 0.688. The minimum atomic E-state index is 0.752. The number of hydrogen-bond acceptors (Lipinski definition) is 2. The van der Waals surface area contributed by atoms with Gasteiger partial charge >= 0.3 is 0 Å². The molecule has 0 aromatic heterocycles. The molecule has 3 unspecified atom stereocenters. The first-order valence-corrected chi connectivity index (χ1v) is 8.65. The van der Waals surface area contributed by atoms with Crippen LogP contribution < -0.4 is 5.32 Å². The molecule has 0 amide bonds. The number of hydrogen-bond donors (Lipinski definition) is 1. The Bertz CT molecular complexity index is 178. The normalized spacial score (nSPS) is 24.5. The van der Waals surface area contributed by atoms with Gasteiger partial charge in [0.2, 0.25) is 0 Å². The van der Waals surface area contributed by atoms with E-state index in [2.05, 4.69) is 38.0 Å². The summed E-state index contributed by atoms with van der Waals surface area (Å²) in [5.41, 5.74) is 0. The van der Waals surface area contributed by atoms with E-state index in [-0.39, 0.29) is 0 Å². The molecule has 1 aliphatic heterocycles. The Hall–Kier alpha value is 0.310. The Morgan fingerprint density at radius 1 is 1.29 bits per heavy atom. The minimum Gasteiger partial charge on any atom is -0.316 e. The van der Waals surface area contributed by atoms with Gasteiger partial charge in [0.25, 0.3) is 0 Å². The summed E-state index contributed by atoms with van der Waals surface area (Å²) >= 11 is 2.21. The van der Waals surface area contributed by atoms with Crippen LogP contribution in [0.25, 0.3) is 0 Å². The van der Waals surface area contributed by atoms with Gasteiger partial charge in [0.15, 0.2) is 0 Å². The molecule has 1 rings (SSSR count). The Balaban J connectivity index is 2.36. The van der Waals surface area contributed by atoms with Crippen LogP contribution in [0.4, 0.5) is 0 Å². The fourth-order valence-electron chi connectivity index (χ4n) is 2.88. The van der Waals surface area contributed by atoms with Gasteiger partial charge < -0.3 is 5.32 Å². The second-order valence-corrected chi connectivity index (χ2v) is 6.80. The SMILES string of the molecule is CCCCC(CC)CC(NC)C1CCCCS1. The van der Waals surface area contributed by atoms with E-state index in [0.717, 1.165) is 17.2 Å². The van der Waals surface area contributed by atoms with Crippen molar-refractivity contribution >= 4 is 11.8 Å². The first-order valence-electron chi connectivity index (χ1n) is 7.60. The zero-order chi connectivity index (χ0) is 12.5. The topological polar surface area (TPSA) is 12.0 Å². The molecule has 0 bridgehead atoms. The average Bonchev–Trinajstić information content (AvgIpc) is 2.40. The van der Waals surface area contributed by atoms with Crippen molar-refractivity contribution in [1.29, 1.82) is 0 Å². The maximum absolute atomic E-state index is 3.59. The van der Waals surface area contributed by atoms with Crippen LogP contribution in [-0.2, 0) is 0 Å². The molecule has 1 heterocycles. The number of thioether (sulfide) groups is 1. The molecule has 1 fully saturated rings. The van der Waals surface area contributed by atoms with Gasteiger partial charge in [-0.05, 0) is 38.0 Å². The van der Waals surface area contributed by atoms with Gasteiger partial charge in [0, 0.05) is 11.3 Å². The van der Waals surface area contributed by atoms with Crippen molar-refractivity contribution in [3.8, 4) is 0 Å². The fourth-order valence-corrected chi connectivity index (χ4v) is 4.37. The zero-order valence-corrected chi connectivity index (χ0v) is 12.8. The minimum absolute atomic E-state index is 0.752. The van der Waals surface area contributed by atoms with E-state index in [0.29, 0.717) is 0 Å². The summed E-state index contributed by atoms with van der Waals surface area (Å²) in [5.74, 6) is 2.32. The molecule has 1 aliphatic rings. The van der Waals surface area contributed by atoms with E-state index in [1.54, 1.807) is 0 Å². The lowest BCUT2D eigenvalue weighted by Gasteiger charge is -2.32. The monoisotopic (exact) mass is 257 g/mol. The van der Waals surface area contributed by atoms with Crippen LogP contribution in [0.3, 0.4) is 0 Å². The van der Waals surface area contributed by atoms with E-state index < -0.39 is 0 Å². The zero-order valence-electron chi connectivity index (χ0n) is 12.0. The maximum atomic E-state index is 3.59. The van der Waals surface area contributed by atoms with Gasteiger partial charge in [-0.25, -0.2) is 0 Å². The Labute approximate surface area is 113 Å². The lowest BCUT2D eigenvalue weighted by atomic mass is 9.90. The smallest absolute Gasteiger partial charge is 0.0201 e. The standard InChI is InChI=1S/C15H31NS/c1-4-6-9-13(5-2)12-14(16-3)15-10-7-8-11-17-15/h13-16H,4-12H2,1-3H3. The molecule has 0 aromatic rings. The molecule has 0 spiro atoms. The number of unbranched alkanes of at least 4 members (excludes halogenated alkanes) is 1. The van der Waals surface area contributed by atoms with Crippen LogP contribution in [0.5, 0.6) is 0 Å². The molecule has 1 nitrogen and oxygen atoms in total. The van der Waals surface area contributed by atoms with Gasteiger partial charge in [-0.3, -0.25) is 0 Å². The van der Waals surface area contributed by atoms with Gasteiger partial charge in [-0.15, -0.1) is 0 Å². The summed E-state index contributed by atoms with van der Waals surface area (Å²) in [5, 5.41) is 4.47. The highest BCUT2D eigenvalue weighted by atomic mass is 32.2. The Kier molecular flexibility index (Phi) is 8.38. The van der Waals surface area contributed by atoms with Crippen molar-refractivity contribution in [3.63, 3.8) is 0 Å². The molecular formula is C15H31NS. The van der Waals surface area contributed by atoms with Crippen LogP contribution in [0.2, 0.25) is 0 Å². The van der Waals surface area contributed by atoms with Crippen molar-refractivity contribution < 1.29 is 0 Å². The second-order valence-electron chi connectivity index (χ2n) is 5.45. The Morgan fingerprint density at radius 2 is 2.12 bits per heavy atom. The summed E-state index contributed by atoms with van der Waals surface area (Å²) in [4.78, 5) is 0. The highest BCUT2D eigenvalue weighted by Crippen LogP contribution is 2.31. The lowest BCUT2D eigenvalue weighted by molar-refractivity contribution is 0.346. The average molecular weight is 257 g/mol. The third-order valence-corrected chi connectivity index (χ3v) is 5.68. The van der Waals surface area contributed by atoms with Crippen LogP contribution in [-0.4, -0.2) is 24.1 Å². The molecule has 1 saturated heterocycles. The summed E-state index contributed by atoms with van der Waals surface area (Å²) in [6.45, 7) is 4.67. The third kappa shape index (κ3) is 5.65. The summed E-state index contributed by atoms with van der Waals surface area (Å²) in [7, 11) is 2.16. The van der Waals surface area contributed by atoms with Crippen LogP contribution in [0, 0.1) is 5.92 Å². The van der Waals surface area contributed by atoms with Crippen molar-refractivity contribution in [3.05, 3.63) is 0 Å². The van der Waals surface area contributed by atoms with Crippen LogP contribution >= 0.6 is 11.8 Å². The summed E-state index contributed by atoms with van der Waals surface area (Å²) < 4.78 is 0. The summed E-state index contributed by atoms with van der Waals surface area (Å²) in [6.07, 6.45) is 11.3. The third-order valence-electron chi connectivity index (χ3n) is 4.17. The molecular weight excluding hydrogens is 226 g/mol. The van der Waals surface area contributed by atoms with Crippen LogP contribution in [0.15, 0.2) is 0 Å². The number of rotatable bonds is 8.